The van der Waals surface area contributed by atoms with Gasteiger partial charge in [-0.15, -0.1) is 0 Å². The molecule has 6 N–H and O–H groups in total. The van der Waals surface area contributed by atoms with Gasteiger partial charge in [-0.3, -0.25) is 27.7 Å². The van der Waals surface area contributed by atoms with Gasteiger partial charge in [-0.1, -0.05) is 0 Å². The van der Waals surface area contributed by atoms with Gasteiger partial charge < -0.3 is 30.7 Å². The van der Waals surface area contributed by atoms with Crippen molar-refractivity contribution in [3.63, 3.8) is 0 Å². The average Bonchev–Trinajstić information content (AvgIpc) is 3.29. The first-order chi connectivity index (χ1) is 13.0. The zero-order chi connectivity index (χ0) is 20.0. The monoisotopic (exact) mass is 440 g/mol. The smallest absolute Gasteiger partial charge is 0.369 e. The SMILES string of the molecule is NC(=O)C12C3OC(C4OP(=O)(O)OC43)C1(C(N)=O)C1OC2C2OP(=O)(O)OC21. The normalized spacial score (nSPS) is 65.4. The Morgan fingerprint density at radius 1 is 0.679 bits per heavy atom. The molecule has 2 amide bonds. The summed E-state index contributed by atoms with van der Waals surface area (Å²) in [6.07, 6.45) is -10.1. The zero-order valence-corrected chi connectivity index (χ0v) is 15.4. The van der Waals surface area contributed by atoms with Gasteiger partial charge in [-0.2, -0.15) is 0 Å². The summed E-state index contributed by atoms with van der Waals surface area (Å²) < 4.78 is 55.7. The molecule has 16 heteroatoms. The van der Waals surface area contributed by atoms with E-state index in [4.69, 9.17) is 39.0 Å². The lowest BCUT2D eigenvalue weighted by Crippen LogP contribution is -2.76. The standard InChI is InChI=1S/C12H14N2O12P2/c13-9(15)11-5-1-2(24-27(17,18)23-1)6(21-5)12(11,10(14)16)8-4-3(7(11)22-8)25-28(19,20)26-4/h1-8H,(H2,13,15)(H2,14,16)(H,17,18)(H,19,20). The summed E-state index contributed by atoms with van der Waals surface area (Å²) >= 11 is 0. The molecule has 28 heavy (non-hydrogen) atoms. The number of hydrogen-bond donors (Lipinski definition) is 4. The summed E-state index contributed by atoms with van der Waals surface area (Å²) in [4.78, 5) is 45.0. The van der Waals surface area contributed by atoms with E-state index in [0.717, 1.165) is 0 Å². The zero-order valence-electron chi connectivity index (χ0n) is 13.6. The summed E-state index contributed by atoms with van der Waals surface area (Å²) in [7, 11) is -8.90. The molecule has 0 aromatic heterocycles. The maximum Gasteiger partial charge on any atom is 0.473 e. The number of nitrogens with two attached hydrogens (primary N) is 2. The minimum absolute atomic E-state index is 1.05. The van der Waals surface area contributed by atoms with E-state index < -0.39 is 87.1 Å². The van der Waals surface area contributed by atoms with Crippen LogP contribution in [-0.4, -0.2) is 70.4 Å². The van der Waals surface area contributed by atoms with Crippen LogP contribution in [-0.2, 0) is 46.3 Å². The molecule has 14 nitrogen and oxygen atoms in total. The van der Waals surface area contributed by atoms with Gasteiger partial charge in [-0.25, -0.2) is 9.13 Å². The van der Waals surface area contributed by atoms with Gasteiger partial charge in [0.25, 0.3) is 0 Å². The Bertz CT molecular complexity index is 822. The number of rotatable bonds is 2. The summed E-state index contributed by atoms with van der Waals surface area (Å²) in [6.45, 7) is 0. The molecule has 6 aliphatic rings. The molecule has 0 aromatic carbocycles. The molecule has 0 aromatic rings. The average molecular weight is 440 g/mol. The number of carbonyl (C=O) groups excluding carboxylic acids is 2. The van der Waals surface area contributed by atoms with Gasteiger partial charge in [-0.05, 0) is 0 Å². The highest BCUT2D eigenvalue weighted by Crippen LogP contribution is 2.78. The van der Waals surface area contributed by atoms with Crippen molar-refractivity contribution in [2.24, 2.45) is 22.3 Å². The molecule has 0 radical (unpaired) electrons. The van der Waals surface area contributed by atoms with Crippen molar-refractivity contribution < 1.29 is 56.1 Å². The van der Waals surface area contributed by atoms with Crippen LogP contribution in [0.4, 0.5) is 0 Å². The molecule has 0 aliphatic carbocycles. The Morgan fingerprint density at radius 3 is 1.14 bits per heavy atom. The van der Waals surface area contributed by atoms with Crippen molar-refractivity contribution in [2.45, 2.75) is 48.8 Å². The van der Waals surface area contributed by atoms with Crippen molar-refractivity contribution in [1.29, 1.82) is 0 Å². The fraction of sp³-hybridized carbons (Fsp3) is 0.833. The topological polar surface area (TPSA) is 216 Å². The second-order valence-corrected chi connectivity index (χ2v) is 10.4. The number of phosphoric acid groups is 2. The number of hydrogen-bond acceptors (Lipinski definition) is 10. The summed E-state index contributed by atoms with van der Waals surface area (Å²) in [5, 5.41) is 0. The van der Waals surface area contributed by atoms with E-state index >= 15 is 0 Å². The van der Waals surface area contributed by atoms with E-state index in [0.29, 0.717) is 0 Å². The lowest BCUT2D eigenvalue weighted by atomic mass is 9.47. The first-order valence-electron chi connectivity index (χ1n) is 8.27. The maximum atomic E-state index is 12.8. The molecule has 6 aliphatic heterocycles. The minimum atomic E-state index is -4.45. The first-order valence-corrected chi connectivity index (χ1v) is 11.3. The highest BCUT2D eigenvalue weighted by atomic mass is 31.2. The predicted octanol–water partition coefficient (Wildman–Crippen LogP) is -2.74. The number of carbonyl (C=O) groups is 2. The number of primary amides is 2. The molecule has 6 heterocycles. The Labute approximate surface area is 155 Å². The number of amides is 2. The van der Waals surface area contributed by atoms with Crippen molar-refractivity contribution in [1.82, 2.24) is 0 Å². The van der Waals surface area contributed by atoms with Gasteiger partial charge in [0.1, 0.15) is 59.7 Å². The van der Waals surface area contributed by atoms with Gasteiger partial charge in [0.2, 0.25) is 11.8 Å². The Hall–Kier alpha value is -0.920. The van der Waals surface area contributed by atoms with E-state index in [1.807, 2.05) is 0 Å². The van der Waals surface area contributed by atoms with Crippen LogP contribution in [0.5, 0.6) is 0 Å². The van der Waals surface area contributed by atoms with E-state index in [9.17, 15) is 28.5 Å². The van der Waals surface area contributed by atoms with E-state index in [2.05, 4.69) is 0 Å². The second-order valence-electron chi connectivity index (χ2n) is 7.64. The number of fused-ring (bicyclic) bond motifs is 15. The van der Waals surface area contributed by atoms with E-state index in [1.165, 1.54) is 0 Å². The van der Waals surface area contributed by atoms with Gasteiger partial charge in [0.15, 0.2) is 0 Å². The van der Waals surface area contributed by atoms with E-state index in [1.54, 1.807) is 0 Å². The van der Waals surface area contributed by atoms with Crippen molar-refractivity contribution in [3.8, 4) is 0 Å². The molecule has 154 valence electrons. The first kappa shape index (κ1) is 17.9. The van der Waals surface area contributed by atoms with Crippen LogP contribution in [0, 0.1) is 10.8 Å². The van der Waals surface area contributed by atoms with Crippen LogP contribution in [0.25, 0.3) is 0 Å². The van der Waals surface area contributed by atoms with E-state index in [-0.39, 0.29) is 0 Å². The molecular formula is C12H14N2O12P2. The summed E-state index contributed by atoms with van der Waals surface area (Å²) in [5.41, 5.74) is 7.47. The molecule has 6 rings (SSSR count). The molecule has 6 fully saturated rings. The molecular weight excluding hydrogens is 426 g/mol. The van der Waals surface area contributed by atoms with Crippen LogP contribution < -0.4 is 11.5 Å². The third-order valence-corrected chi connectivity index (χ3v) is 8.78. The number of ether oxygens (including phenoxy) is 2. The summed E-state index contributed by atoms with van der Waals surface area (Å²) in [5.74, 6) is -2.09. The Morgan fingerprint density at radius 2 is 0.929 bits per heavy atom. The molecule has 8 atom stereocenters. The summed E-state index contributed by atoms with van der Waals surface area (Å²) in [6, 6.07) is 0. The van der Waals surface area contributed by atoms with Crippen molar-refractivity contribution >= 4 is 27.5 Å². The molecule has 4 bridgehead atoms. The molecule has 8 unspecified atom stereocenters. The van der Waals surface area contributed by atoms with Crippen LogP contribution in [0.2, 0.25) is 0 Å². The molecule has 6 saturated heterocycles. The predicted molar refractivity (Wildman–Crippen MR) is 79.7 cm³/mol. The van der Waals surface area contributed by atoms with Gasteiger partial charge in [0.05, 0.1) is 0 Å². The lowest BCUT2D eigenvalue weighted by Gasteiger charge is -2.50. The third-order valence-electron chi connectivity index (χ3n) is 6.74. The minimum Gasteiger partial charge on any atom is -0.369 e. The maximum absolute atomic E-state index is 12.8. The quantitative estimate of drug-likeness (QED) is 0.322. The van der Waals surface area contributed by atoms with Crippen LogP contribution >= 0.6 is 15.6 Å². The van der Waals surface area contributed by atoms with Crippen LogP contribution in [0.1, 0.15) is 0 Å². The van der Waals surface area contributed by atoms with Crippen LogP contribution in [0.3, 0.4) is 0 Å². The van der Waals surface area contributed by atoms with Gasteiger partial charge >= 0.3 is 15.6 Å². The van der Waals surface area contributed by atoms with Crippen molar-refractivity contribution in [2.75, 3.05) is 0 Å². The Balaban J connectivity index is 1.59. The van der Waals surface area contributed by atoms with Crippen molar-refractivity contribution in [3.05, 3.63) is 0 Å². The van der Waals surface area contributed by atoms with Crippen LogP contribution in [0.15, 0.2) is 0 Å². The van der Waals surface area contributed by atoms with Gasteiger partial charge in [0, 0.05) is 0 Å². The molecule has 0 saturated carbocycles. The largest absolute Gasteiger partial charge is 0.473 e. The lowest BCUT2D eigenvalue weighted by molar-refractivity contribution is -0.164. The second kappa shape index (κ2) is 4.70. The molecule has 0 spiro atoms. The fourth-order valence-corrected chi connectivity index (χ4v) is 8.39. The third kappa shape index (κ3) is 1.58. The number of phosphoric ester groups is 2. The highest BCUT2D eigenvalue weighted by Gasteiger charge is 2.94. The Kier molecular flexibility index (Phi) is 3.00. The highest BCUT2D eigenvalue weighted by molar-refractivity contribution is 7.48. The fourth-order valence-electron chi connectivity index (χ4n) is 6.14.